The molecule has 10 nitrogen and oxygen atoms in total. The molecule has 12 heteroatoms. The van der Waals surface area contributed by atoms with Gasteiger partial charge in [0.15, 0.2) is 0 Å². The van der Waals surface area contributed by atoms with Crippen molar-refractivity contribution in [1.82, 2.24) is 9.78 Å². The molecule has 4 amide bonds. The molecule has 2 aromatic heterocycles. The Morgan fingerprint density at radius 1 is 0.982 bits per heavy atom. The number of anilines is 2. The van der Waals surface area contributed by atoms with Gasteiger partial charge in [-0.2, -0.15) is 5.10 Å². The molecule has 0 bridgehead atoms. The lowest BCUT2D eigenvalue weighted by Gasteiger charge is -2.49. The van der Waals surface area contributed by atoms with Gasteiger partial charge in [-0.25, -0.2) is 4.90 Å². The van der Waals surface area contributed by atoms with Crippen LogP contribution in [0.15, 0.2) is 85.0 Å². The molecule has 6 atom stereocenters. The van der Waals surface area contributed by atoms with Crippen LogP contribution in [0.5, 0.6) is 11.5 Å². The maximum absolute atomic E-state index is 15.1. The van der Waals surface area contributed by atoms with Crippen molar-refractivity contribution >= 4 is 74.2 Å². The Kier molecular flexibility index (Phi) is 8.00. The molecule has 9 rings (SSSR count). The van der Waals surface area contributed by atoms with E-state index >= 15 is 4.79 Å². The summed E-state index contributed by atoms with van der Waals surface area (Å²) < 4.78 is 7.99. The molecule has 4 aliphatic rings. The number of aromatic nitrogens is 2. The van der Waals surface area contributed by atoms with Gasteiger partial charge in [0.2, 0.25) is 23.6 Å². The molecule has 2 saturated heterocycles. The molecule has 3 aromatic carbocycles. The van der Waals surface area contributed by atoms with E-state index in [0.29, 0.717) is 33.5 Å². The number of hydrogen-bond acceptors (Lipinski definition) is 8. The summed E-state index contributed by atoms with van der Waals surface area (Å²) in [5.74, 6) is -4.35. The Hall–Kier alpha value is -5.52. The predicted octanol–water partition coefficient (Wildman–Crippen LogP) is 8.06. The van der Waals surface area contributed by atoms with Crippen molar-refractivity contribution in [2.75, 3.05) is 16.9 Å². The van der Waals surface area contributed by atoms with Crippen LogP contribution in [-0.2, 0) is 26.2 Å². The highest BCUT2D eigenvalue weighted by Crippen LogP contribution is 2.64. The number of phenols is 1. The van der Waals surface area contributed by atoms with E-state index in [0.717, 1.165) is 31.7 Å². The van der Waals surface area contributed by atoms with Crippen LogP contribution in [0.25, 0.3) is 26.7 Å². The summed E-state index contributed by atoms with van der Waals surface area (Å²) in [6.45, 7) is 7.59. The summed E-state index contributed by atoms with van der Waals surface area (Å²) in [4.78, 5) is 61.9. The van der Waals surface area contributed by atoms with E-state index in [9.17, 15) is 19.5 Å². The Balaban J connectivity index is 1.15. The molecular weight excluding hydrogens is 736 g/mol. The van der Waals surface area contributed by atoms with Crippen LogP contribution in [0.4, 0.5) is 11.5 Å². The number of nitrogens with zero attached hydrogens (tertiary/aromatic N) is 4. The van der Waals surface area contributed by atoms with Crippen molar-refractivity contribution in [3.05, 3.63) is 107 Å². The zero-order valence-corrected chi connectivity index (χ0v) is 32.1. The Labute approximate surface area is 326 Å². The van der Waals surface area contributed by atoms with Crippen LogP contribution in [0, 0.1) is 36.0 Å². The number of fused-ring (bicyclic) bond motifs is 5. The standard InChI is InChI=1S/C43H37ClN4O6S/c1-6-22-7-10-24(11-8-22)47-39(50)28-15-14-26-30(36(28)41(47)52)19-31-40(51)48(42(53)43(31,3)37(26)27-13-12-25(54-5)18-33(27)49)35-20-32(45-46(35)4)38-21(2)29-17-23(44)9-16-34(29)55-38/h6-14,16-18,20,28,30-31,36-37,49H,1,15,19H2,2-5H3. The molecule has 0 radical (unpaired) electrons. The number of benzene rings is 3. The van der Waals surface area contributed by atoms with Crippen molar-refractivity contribution in [3.8, 4) is 22.1 Å². The molecular formula is C43H37ClN4O6S. The first-order valence-corrected chi connectivity index (χ1v) is 19.3. The van der Waals surface area contributed by atoms with E-state index in [-0.39, 0.29) is 30.4 Å². The molecule has 5 aromatic rings. The highest BCUT2D eigenvalue weighted by atomic mass is 35.5. The number of amides is 4. The number of halogens is 1. The third-order valence-electron chi connectivity index (χ3n) is 12.4. The van der Waals surface area contributed by atoms with Gasteiger partial charge in [0.25, 0.3) is 0 Å². The first kappa shape index (κ1) is 35.2. The number of methoxy groups -OCH3 is 1. The Bertz CT molecular complexity index is 2550. The van der Waals surface area contributed by atoms with Gasteiger partial charge in [0, 0.05) is 40.4 Å². The number of aromatic hydroxyl groups is 1. The number of rotatable bonds is 6. The fraction of sp³-hybridized carbons (Fsp3) is 0.279. The quantitative estimate of drug-likeness (QED) is 0.137. The Morgan fingerprint density at radius 3 is 2.45 bits per heavy atom. The zero-order chi connectivity index (χ0) is 38.7. The molecule has 6 unspecified atom stereocenters. The summed E-state index contributed by atoms with van der Waals surface area (Å²) in [5.41, 5.74) is 2.82. The lowest BCUT2D eigenvalue weighted by Crippen LogP contribution is -2.49. The molecule has 1 N–H and O–H groups in total. The topological polar surface area (TPSA) is 122 Å². The minimum absolute atomic E-state index is 0.0902. The smallest absolute Gasteiger partial charge is 0.242 e. The summed E-state index contributed by atoms with van der Waals surface area (Å²) in [5, 5.41) is 18.0. The number of carbonyl (C=O) groups excluding carboxylic acids is 4. The highest BCUT2D eigenvalue weighted by Gasteiger charge is 2.68. The molecule has 278 valence electrons. The van der Waals surface area contributed by atoms with Crippen LogP contribution in [0.1, 0.15) is 42.4 Å². The van der Waals surface area contributed by atoms with Gasteiger partial charge in [-0.05, 0) is 85.5 Å². The second kappa shape index (κ2) is 12.5. The van der Waals surface area contributed by atoms with Crippen LogP contribution >= 0.6 is 22.9 Å². The first-order chi connectivity index (χ1) is 26.4. The van der Waals surface area contributed by atoms with Crippen molar-refractivity contribution in [2.45, 2.75) is 32.6 Å². The van der Waals surface area contributed by atoms with E-state index in [2.05, 4.69) is 6.58 Å². The van der Waals surface area contributed by atoms with E-state index in [4.69, 9.17) is 21.4 Å². The second-order valence-corrected chi connectivity index (χ2v) is 16.6. The second-order valence-electron chi connectivity index (χ2n) is 15.1. The summed E-state index contributed by atoms with van der Waals surface area (Å²) >= 11 is 7.88. The number of ether oxygens (including phenoxy) is 1. The van der Waals surface area contributed by atoms with E-state index < -0.39 is 46.8 Å². The normalized spacial score (nSPS) is 26.0. The molecule has 1 saturated carbocycles. The minimum atomic E-state index is -1.35. The number of thiophene rings is 1. The maximum Gasteiger partial charge on any atom is 0.242 e. The molecule has 55 heavy (non-hydrogen) atoms. The van der Waals surface area contributed by atoms with Crippen LogP contribution < -0.4 is 14.5 Å². The molecule has 3 fully saturated rings. The minimum Gasteiger partial charge on any atom is -0.508 e. The van der Waals surface area contributed by atoms with Crippen LogP contribution in [-0.4, -0.2) is 45.6 Å². The number of hydrogen-bond donors (Lipinski definition) is 1. The lowest BCUT2D eigenvalue weighted by molar-refractivity contribution is -0.131. The highest BCUT2D eigenvalue weighted by molar-refractivity contribution is 7.22. The third-order valence-corrected chi connectivity index (χ3v) is 14.0. The number of allylic oxidation sites excluding steroid dienone is 2. The van der Waals surface area contributed by atoms with Gasteiger partial charge >= 0.3 is 0 Å². The van der Waals surface area contributed by atoms with Gasteiger partial charge in [-0.15, -0.1) is 11.3 Å². The molecule has 2 aliphatic carbocycles. The average Bonchev–Trinajstić information content (AvgIpc) is 3.85. The van der Waals surface area contributed by atoms with Crippen molar-refractivity contribution in [3.63, 3.8) is 0 Å². The molecule has 0 spiro atoms. The number of phenolic OH excluding ortho intramolecular Hbond substituents is 1. The Morgan fingerprint density at radius 2 is 1.75 bits per heavy atom. The molecule has 4 heterocycles. The molecule has 2 aliphatic heterocycles. The van der Waals surface area contributed by atoms with Gasteiger partial charge in [-0.3, -0.25) is 28.8 Å². The predicted molar refractivity (Wildman–Crippen MR) is 212 cm³/mol. The average molecular weight is 773 g/mol. The van der Waals surface area contributed by atoms with E-state index in [1.54, 1.807) is 66.4 Å². The SMILES string of the molecule is C=Cc1ccc(N2C(=O)C3CC=C4C(CC5C(=O)N(c6cc(-c7sc8ccc(Cl)cc8c7C)nn6C)C(=O)C5(C)C4c4ccc(OC)cc4O)C3C2=O)cc1. The summed E-state index contributed by atoms with van der Waals surface area (Å²) in [6.07, 6.45) is 4.13. The fourth-order valence-corrected chi connectivity index (χ4v) is 11.0. The van der Waals surface area contributed by atoms with E-state index in [1.165, 1.54) is 23.0 Å². The lowest BCUT2D eigenvalue weighted by atomic mass is 9.51. The summed E-state index contributed by atoms with van der Waals surface area (Å²) in [7, 11) is 3.21. The van der Waals surface area contributed by atoms with Crippen molar-refractivity contribution in [2.24, 2.45) is 36.1 Å². The van der Waals surface area contributed by atoms with Crippen LogP contribution in [0.2, 0.25) is 5.02 Å². The van der Waals surface area contributed by atoms with Gasteiger partial charge < -0.3 is 9.84 Å². The van der Waals surface area contributed by atoms with Crippen LogP contribution in [0.3, 0.4) is 0 Å². The first-order valence-electron chi connectivity index (χ1n) is 18.2. The monoisotopic (exact) mass is 772 g/mol. The van der Waals surface area contributed by atoms with Gasteiger partial charge in [-0.1, -0.05) is 54.1 Å². The van der Waals surface area contributed by atoms with Gasteiger partial charge in [0.05, 0.1) is 40.8 Å². The third kappa shape index (κ3) is 4.95. The van der Waals surface area contributed by atoms with Crippen molar-refractivity contribution < 1.29 is 29.0 Å². The fourth-order valence-electron chi connectivity index (χ4n) is 9.70. The maximum atomic E-state index is 15.1. The number of aryl methyl sites for hydroxylation is 2. The van der Waals surface area contributed by atoms with Crippen molar-refractivity contribution in [1.29, 1.82) is 0 Å². The van der Waals surface area contributed by atoms with Gasteiger partial charge in [0.1, 0.15) is 23.0 Å². The largest absolute Gasteiger partial charge is 0.508 e. The zero-order valence-electron chi connectivity index (χ0n) is 30.6. The number of carbonyl (C=O) groups is 4. The summed E-state index contributed by atoms with van der Waals surface area (Å²) in [6, 6.07) is 19.5. The van der Waals surface area contributed by atoms with E-state index in [1.807, 2.05) is 43.3 Å². The number of imide groups is 2.